The molecule has 0 radical (unpaired) electrons. The van der Waals surface area contributed by atoms with E-state index in [-0.39, 0.29) is 11.7 Å². The number of carbonyl (C=O) groups is 2. The second kappa shape index (κ2) is 7.62. The van der Waals surface area contributed by atoms with Crippen molar-refractivity contribution < 1.29 is 9.59 Å². The van der Waals surface area contributed by atoms with E-state index in [0.717, 1.165) is 24.2 Å². The first kappa shape index (κ1) is 17.5. The zero-order valence-corrected chi connectivity index (χ0v) is 14.7. The molecule has 0 spiro atoms. The predicted octanol–water partition coefficient (Wildman–Crippen LogP) is 3.12. The summed E-state index contributed by atoms with van der Waals surface area (Å²) in [5.74, 6) is 0.0371. The Morgan fingerprint density at radius 1 is 1.39 bits per heavy atom. The number of hydrogen-bond donors (Lipinski definition) is 1. The number of carbonyl (C=O) groups excluding carboxylic acids is 2. The average Bonchev–Trinajstić information content (AvgIpc) is 3.12. The van der Waals surface area contributed by atoms with Crippen LogP contribution in [0, 0.1) is 0 Å². The van der Waals surface area contributed by atoms with Gasteiger partial charge in [-0.25, -0.2) is 0 Å². The van der Waals surface area contributed by atoms with E-state index in [1.54, 1.807) is 0 Å². The number of ketones is 1. The Labute approximate surface area is 139 Å². The molecule has 2 aliphatic heterocycles. The Morgan fingerprint density at radius 3 is 2.70 bits per heavy atom. The minimum atomic E-state index is -0.0721. The molecule has 126 valence electrons. The molecule has 0 bridgehead atoms. The van der Waals surface area contributed by atoms with Crippen LogP contribution < -0.4 is 5.32 Å². The molecular weight excluding hydrogens is 288 g/mol. The minimum absolute atomic E-state index is 0.0721. The van der Waals surface area contributed by atoms with Crippen molar-refractivity contribution in [1.29, 1.82) is 0 Å². The molecule has 2 aliphatic rings. The van der Waals surface area contributed by atoms with Gasteiger partial charge in [-0.15, -0.1) is 0 Å². The van der Waals surface area contributed by atoms with Crippen LogP contribution in [-0.2, 0) is 9.59 Å². The molecule has 0 aromatic rings. The monoisotopic (exact) mass is 316 g/mol. The maximum absolute atomic E-state index is 12.3. The molecule has 0 aromatic heterocycles. The van der Waals surface area contributed by atoms with Crippen molar-refractivity contribution in [2.75, 3.05) is 13.1 Å². The van der Waals surface area contributed by atoms with Crippen molar-refractivity contribution in [3.8, 4) is 0 Å². The lowest BCUT2D eigenvalue weighted by atomic mass is 9.98. The Hall–Kier alpha value is -1.84. The summed E-state index contributed by atoms with van der Waals surface area (Å²) < 4.78 is 0. The second-order valence-corrected chi connectivity index (χ2v) is 6.34. The van der Waals surface area contributed by atoms with Crippen molar-refractivity contribution >= 4 is 11.7 Å². The fraction of sp³-hybridized carbons (Fsp3) is 0.579. The molecule has 4 nitrogen and oxygen atoms in total. The van der Waals surface area contributed by atoms with Gasteiger partial charge in [0.15, 0.2) is 5.78 Å². The van der Waals surface area contributed by atoms with E-state index >= 15 is 0 Å². The number of allylic oxidation sites excluding steroid dienone is 3. The summed E-state index contributed by atoms with van der Waals surface area (Å²) in [6.07, 6.45) is 7.93. The van der Waals surface area contributed by atoms with E-state index in [0.29, 0.717) is 30.2 Å². The van der Waals surface area contributed by atoms with Crippen LogP contribution >= 0.6 is 0 Å². The highest BCUT2D eigenvalue weighted by Gasteiger charge is 2.28. The van der Waals surface area contributed by atoms with Gasteiger partial charge in [0.25, 0.3) is 5.91 Å². The van der Waals surface area contributed by atoms with E-state index in [9.17, 15) is 9.59 Å². The fourth-order valence-electron chi connectivity index (χ4n) is 3.35. The molecule has 2 fully saturated rings. The van der Waals surface area contributed by atoms with Gasteiger partial charge in [0.2, 0.25) is 0 Å². The molecule has 1 atom stereocenters. The maximum atomic E-state index is 12.3. The van der Waals surface area contributed by atoms with Gasteiger partial charge in [-0.05, 0) is 50.3 Å². The van der Waals surface area contributed by atoms with Crippen LogP contribution in [0.2, 0.25) is 0 Å². The van der Waals surface area contributed by atoms with Gasteiger partial charge in [0.1, 0.15) is 0 Å². The number of rotatable bonds is 5. The third-order valence-electron chi connectivity index (χ3n) is 4.78. The number of nitrogens with zero attached hydrogens (tertiary/aromatic N) is 1. The zero-order valence-electron chi connectivity index (χ0n) is 14.7. The van der Waals surface area contributed by atoms with Crippen molar-refractivity contribution in [2.24, 2.45) is 0 Å². The molecule has 23 heavy (non-hydrogen) atoms. The van der Waals surface area contributed by atoms with Crippen LogP contribution in [0.15, 0.2) is 34.6 Å². The van der Waals surface area contributed by atoms with Gasteiger partial charge in [-0.3, -0.25) is 9.59 Å². The van der Waals surface area contributed by atoms with Crippen molar-refractivity contribution in [1.82, 2.24) is 10.2 Å². The van der Waals surface area contributed by atoms with Crippen molar-refractivity contribution in [3.63, 3.8) is 0 Å². The molecule has 2 rings (SSSR count). The Bertz CT molecular complexity index is 584. The topological polar surface area (TPSA) is 49.4 Å². The molecule has 1 N–H and O–H groups in total. The highest BCUT2D eigenvalue weighted by Crippen LogP contribution is 2.27. The van der Waals surface area contributed by atoms with Crippen molar-refractivity contribution in [2.45, 2.75) is 59.4 Å². The third-order valence-corrected chi connectivity index (χ3v) is 4.78. The number of likely N-dealkylation sites (tertiary alicyclic amines) is 1. The summed E-state index contributed by atoms with van der Waals surface area (Å²) >= 11 is 0. The van der Waals surface area contributed by atoms with E-state index in [1.807, 2.05) is 19.9 Å². The SMILES string of the molecule is CC/C=C(/C=C1/C(=O)NC/C1=C(/C)C(=O)CC)N1CCCC1C. The van der Waals surface area contributed by atoms with E-state index in [4.69, 9.17) is 0 Å². The Morgan fingerprint density at radius 2 is 2.13 bits per heavy atom. The van der Waals surface area contributed by atoms with Crippen LogP contribution in [0.3, 0.4) is 0 Å². The van der Waals surface area contributed by atoms with E-state index in [1.165, 1.54) is 12.8 Å². The second-order valence-electron chi connectivity index (χ2n) is 6.34. The van der Waals surface area contributed by atoms with E-state index in [2.05, 4.69) is 30.1 Å². The molecule has 4 heteroatoms. The van der Waals surface area contributed by atoms with Gasteiger partial charge in [0, 0.05) is 36.8 Å². The van der Waals surface area contributed by atoms with Gasteiger partial charge >= 0.3 is 0 Å². The maximum Gasteiger partial charge on any atom is 0.251 e. The zero-order chi connectivity index (χ0) is 17.0. The first-order valence-corrected chi connectivity index (χ1v) is 8.69. The Kier molecular flexibility index (Phi) is 5.80. The molecule has 0 saturated carbocycles. The molecule has 2 saturated heterocycles. The minimum Gasteiger partial charge on any atom is -0.369 e. The molecular formula is C19H28N2O2. The third kappa shape index (κ3) is 3.74. The first-order valence-electron chi connectivity index (χ1n) is 8.69. The highest BCUT2D eigenvalue weighted by atomic mass is 16.2. The lowest BCUT2D eigenvalue weighted by molar-refractivity contribution is -0.116. The smallest absolute Gasteiger partial charge is 0.251 e. The average molecular weight is 316 g/mol. The normalized spacial score (nSPS) is 26.0. The predicted molar refractivity (Wildman–Crippen MR) is 92.9 cm³/mol. The van der Waals surface area contributed by atoms with Crippen LogP contribution in [-0.4, -0.2) is 35.7 Å². The summed E-state index contributed by atoms with van der Waals surface area (Å²) in [4.78, 5) is 26.7. The molecule has 2 heterocycles. The first-order chi connectivity index (χ1) is 11.0. The summed E-state index contributed by atoms with van der Waals surface area (Å²) in [5.41, 5.74) is 3.33. The molecule has 0 aromatic carbocycles. The summed E-state index contributed by atoms with van der Waals surface area (Å²) in [7, 11) is 0. The number of nitrogens with one attached hydrogen (secondary N) is 1. The lowest BCUT2D eigenvalue weighted by Gasteiger charge is -2.25. The van der Waals surface area contributed by atoms with Gasteiger partial charge in [0.05, 0.1) is 0 Å². The summed E-state index contributed by atoms with van der Waals surface area (Å²) in [6.45, 7) is 9.51. The Balaban J connectivity index is 2.41. The molecule has 1 amide bonds. The fourth-order valence-corrected chi connectivity index (χ4v) is 3.35. The lowest BCUT2D eigenvalue weighted by Crippen LogP contribution is -2.26. The summed E-state index contributed by atoms with van der Waals surface area (Å²) in [6, 6.07) is 0.500. The number of Topliss-reactive ketones (excluding diaryl/α,β-unsaturated/α-hetero) is 1. The molecule has 1 unspecified atom stereocenters. The standard InChI is InChI=1S/C19H28N2O2/c1-5-8-15(21-10-7-9-13(21)3)11-16-17(12-20-19(16)23)14(4)18(22)6-2/h8,11,13H,5-7,9-10,12H2,1-4H3,(H,20,23)/b15-8-,16-11+,17-14+. The number of amides is 1. The van der Waals surface area contributed by atoms with E-state index < -0.39 is 0 Å². The van der Waals surface area contributed by atoms with Crippen LogP contribution in [0.5, 0.6) is 0 Å². The molecule has 0 aliphatic carbocycles. The highest BCUT2D eigenvalue weighted by molar-refractivity contribution is 6.06. The van der Waals surface area contributed by atoms with Crippen molar-refractivity contribution in [3.05, 3.63) is 34.6 Å². The van der Waals surface area contributed by atoms with Crippen LogP contribution in [0.1, 0.15) is 53.4 Å². The van der Waals surface area contributed by atoms with Gasteiger partial charge in [-0.1, -0.05) is 19.9 Å². The quantitative estimate of drug-likeness (QED) is 0.793. The summed E-state index contributed by atoms with van der Waals surface area (Å²) in [5, 5.41) is 2.87. The van der Waals surface area contributed by atoms with Gasteiger partial charge < -0.3 is 10.2 Å². The largest absolute Gasteiger partial charge is 0.369 e. The van der Waals surface area contributed by atoms with Gasteiger partial charge in [-0.2, -0.15) is 0 Å². The van der Waals surface area contributed by atoms with Crippen LogP contribution in [0.4, 0.5) is 0 Å². The van der Waals surface area contributed by atoms with Crippen LogP contribution in [0.25, 0.3) is 0 Å². The number of hydrogen-bond acceptors (Lipinski definition) is 3.